The molecule has 0 N–H and O–H groups in total. The first-order chi connectivity index (χ1) is 12.5. The number of carbonyl (C=O) groups excluding carboxylic acids is 1. The van der Waals surface area contributed by atoms with Crippen LogP contribution in [0.4, 0.5) is 5.69 Å². The maximum atomic E-state index is 12.8. The number of thiocarbonyl (C=S) groups is 1. The summed E-state index contributed by atoms with van der Waals surface area (Å²) in [5, 5.41) is 0.867. The molecule has 7 heteroatoms. The lowest BCUT2D eigenvalue weighted by atomic mass is 10.2. The predicted molar refractivity (Wildman–Crippen MR) is 114 cm³/mol. The molecule has 0 aliphatic carbocycles. The van der Waals surface area contributed by atoms with Crippen molar-refractivity contribution in [2.45, 2.75) is 0 Å². The third kappa shape index (κ3) is 4.13. The van der Waals surface area contributed by atoms with Gasteiger partial charge in [0.25, 0.3) is 5.91 Å². The van der Waals surface area contributed by atoms with E-state index in [0.29, 0.717) is 37.3 Å². The number of carbonyl (C=O) groups is 1. The quantitative estimate of drug-likeness (QED) is 0.338. The Kier molecular flexibility index (Phi) is 6.04. The van der Waals surface area contributed by atoms with E-state index in [9.17, 15) is 4.79 Å². The number of thioether (sulfide) groups is 1. The Labute approximate surface area is 171 Å². The van der Waals surface area contributed by atoms with Crippen molar-refractivity contribution in [1.29, 1.82) is 0 Å². The van der Waals surface area contributed by atoms with Gasteiger partial charge in [-0.15, -0.1) is 0 Å². The second kappa shape index (κ2) is 8.27. The molecule has 3 nitrogen and oxygen atoms in total. The summed E-state index contributed by atoms with van der Waals surface area (Å²) in [7, 11) is 0. The Morgan fingerprint density at radius 3 is 2.77 bits per heavy atom. The molecule has 1 heterocycles. The van der Waals surface area contributed by atoms with Crippen LogP contribution in [0.25, 0.3) is 6.08 Å². The van der Waals surface area contributed by atoms with Gasteiger partial charge in [0.05, 0.1) is 15.6 Å². The molecule has 0 saturated carbocycles. The summed E-state index contributed by atoms with van der Waals surface area (Å²) in [6.07, 6.45) is 3.46. The fraction of sp³-hybridized carbons (Fsp3) is 0.0526. The van der Waals surface area contributed by atoms with Crippen LogP contribution in [0.2, 0.25) is 10.0 Å². The minimum Gasteiger partial charge on any atom is -0.490 e. The van der Waals surface area contributed by atoms with Crippen LogP contribution in [0.1, 0.15) is 5.56 Å². The van der Waals surface area contributed by atoms with Crippen LogP contribution in [0.15, 0.2) is 60.0 Å². The lowest BCUT2D eigenvalue weighted by molar-refractivity contribution is -0.113. The molecule has 2 aromatic rings. The molecular formula is C19H13Cl2NO2S2. The van der Waals surface area contributed by atoms with Gasteiger partial charge in [-0.05, 0) is 42.0 Å². The average Bonchev–Trinajstić information content (AvgIpc) is 2.88. The SMILES string of the molecule is C=CCOc1cccc(/C=C2\SC(=S)N(c3ccc(Cl)cc3Cl)C2=O)c1. The Bertz CT molecular complexity index is 928. The fourth-order valence-electron chi connectivity index (χ4n) is 2.34. The summed E-state index contributed by atoms with van der Waals surface area (Å²) in [5.41, 5.74) is 1.36. The van der Waals surface area contributed by atoms with Gasteiger partial charge in [-0.25, -0.2) is 0 Å². The van der Waals surface area contributed by atoms with Crippen LogP contribution in [-0.2, 0) is 4.79 Å². The van der Waals surface area contributed by atoms with Crippen molar-refractivity contribution in [3.8, 4) is 5.75 Å². The lowest BCUT2D eigenvalue weighted by Gasteiger charge is -2.16. The topological polar surface area (TPSA) is 29.5 Å². The van der Waals surface area contributed by atoms with E-state index in [-0.39, 0.29) is 5.91 Å². The van der Waals surface area contributed by atoms with Crippen LogP contribution in [0.5, 0.6) is 5.75 Å². The molecule has 26 heavy (non-hydrogen) atoms. The Morgan fingerprint density at radius 1 is 1.23 bits per heavy atom. The standard InChI is InChI=1S/C19H13Cl2NO2S2/c1-2-8-24-14-5-3-4-12(9-14)10-17-18(23)22(19(25)26-17)16-7-6-13(20)11-15(16)21/h2-7,9-11H,1,8H2/b17-10-. The van der Waals surface area contributed by atoms with E-state index in [0.717, 1.165) is 5.56 Å². The number of amides is 1. The van der Waals surface area contributed by atoms with E-state index in [2.05, 4.69) is 6.58 Å². The Hall–Kier alpha value is -1.79. The van der Waals surface area contributed by atoms with Crippen molar-refractivity contribution < 1.29 is 9.53 Å². The third-order valence-electron chi connectivity index (χ3n) is 3.47. The zero-order valence-electron chi connectivity index (χ0n) is 13.4. The lowest BCUT2D eigenvalue weighted by Crippen LogP contribution is -2.27. The molecule has 0 radical (unpaired) electrons. The molecule has 1 aliphatic rings. The van der Waals surface area contributed by atoms with Crippen LogP contribution in [0.3, 0.4) is 0 Å². The number of ether oxygens (including phenoxy) is 1. The molecule has 0 atom stereocenters. The summed E-state index contributed by atoms with van der Waals surface area (Å²) in [4.78, 5) is 14.8. The van der Waals surface area contributed by atoms with Crippen LogP contribution >= 0.6 is 47.2 Å². The van der Waals surface area contributed by atoms with Gasteiger partial charge in [0.1, 0.15) is 12.4 Å². The van der Waals surface area contributed by atoms with Gasteiger partial charge < -0.3 is 4.74 Å². The van der Waals surface area contributed by atoms with Crippen molar-refractivity contribution in [2.24, 2.45) is 0 Å². The molecule has 0 spiro atoms. The predicted octanol–water partition coefficient (Wildman–Crippen LogP) is 5.96. The van der Waals surface area contributed by atoms with Gasteiger partial charge in [0.2, 0.25) is 0 Å². The number of hydrogen-bond donors (Lipinski definition) is 0. The highest BCUT2D eigenvalue weighted by atomic mass is 35.5. The number of anilines is 1. The number of nitrogens with zero attached hydrogens (tertiary/aromatic N) is 1. The first kappa shape index (κ1) is 19.0. The van der Waals surface area contributed by atoms with Gasteiger partial charge in [-0.3, -0.25) is 9.69 Å². The molecule has 3 rings (SSSR count). The first-order valence-electron chi connectivity index (χ1n) is 7.56. The highest BCUT2D eigenvalue weighted by Crippen LogP contribution is 2.39. The van der Waals surface area contributed by atoms with Gasteiger partial charge in [0.15, 0.2) is 4.32 Å². The number of hydrogen-bond acceptors (Lipinski definition) is 4. The number of rotatable bonds is 5. The summed E-state index contributed by atoms with van der Waals surface area (Å²) >= 11 is 18.8. The second-order valence-electron chi connectivity index (χ2n) is 5.29. The fourth-order valence-corrected chi connectivity index (χ4v) is 4.12. The zero-order valence-corrected chi connectivity index (χ0v) is 16.6. The molecule has 132 valence electrons. The van der Waals surface area contributed by atoms with E-state index < -0.39 is 0 Å². The Balaban J connectivity index is 1.89. The molecule has 1 fully saturated rings. The number of halogens is 2. The van der Waals surface area contributed by atoms with Crippen LogP contribution < -0.4 is 9.64 Å². The molecular weight excluding hydrogens is 409 g/mol. The van der Waals surface area contributed by atoms with Crippen molar-refractivity contribution in [3.63, 3.8) is 0 Å². The van der Waals surface area contributed by atoms with Crippen LogP contribution in [0, 0.1) is 0 Å². The molecule has 0 aromatic heterocycles. The maximum Gasteiger partial charge on any atom is 0.270 e. The normalized spacial score (nSPS) is 15.6. The summed E-state index contributed by atoms with van der Waals surface area (Å²) in [5.74, 6) is 0.483. The van der Waals surface area contributed by atoms with E-state index in [1.807, 2.05) is 24.3 Å². The monoisotopic (exact) mass is 421 g/mol. The van der Waals surface area contributed by atoms with E-state index in [1.165, 1.54) is 16.7 Å². The largest absolute Gasteiger partial charge is 0.490 e. The smallest absolute Gasteiger partial charge is 0.270 e. The van der Waals surface area contributed by atoms with Gasteiger partial charge in [-0.1, -0.05) is 72.0 Å². The Morgan fingerprint density at radius 2 is 2.04 bits per heavy atom. The highest BCUT2D eigenvalue weighted by molar-refractivity contribution is 8.27. The summed E-state index contributed by atoms with van der Waals surface area (Å²) in [6.45, 7) is 4.04. The molecule has 0 bridgehead atoms. The van der Waals surface area contributed by atoms with E-state index >= 15 is 0 Å². The second-order valence-corrected chi connectivity index (χ2v) is 7.80. The van der Waals surface area contributed by atoms with Crippen molar-refractivity contribution in [1.82, 2.24) is 0 Å². The molecule has 2 aromatic carbocycles. The molecule has 1 amide bonds. The maximum absolute atomic E-state index is 12.8. The van der Waals surface area contributed by atoms with Crippen molar-refractivity contribution in [2.75, 3.05) is 11.5 Å². The zero-order chi connectivity index (χ0) is 18.7. The van der Waals surface area contributed by atoms with E-state index in [4.69, 9.17) is 40.2 Å². The third-order valence-corrected chi connectivity index (χ3v) is 5.31. The first-order valence-corrected chi connectivity index (χ1v) is 9.54. The van der Waals surface area contributed by atoms with Gasteiger partial charge in [0, 0.05) is 5.02 Å². The molecule has 1 aliphatic heterocycles. The summed E-state index contributed by atoms with van der Waals surface area (Å²) in [6, 6.07) is 12.4. The minimum atomic E-state index is -0.221. The minimum absolute atomic E-state index is 0.221. The van der Waals surface area contributed by atoms with E-state index in [1.54, 1.807) is 30.4 Å². The average molecular weight is 422 g/mol. The number of benzene rings is 2. The van der Waals surface area contributed by atoms with Crippen molar-refractivity contribution in [3.05, 3.63) is 75.6 Å². The van der Waals surface area contributed by atoms with Gasteiger partial charge in [-0.2, -0.15) is 0 Å². The van der Waals surface area contributed by atoms with Gasteiger partial charge >= 0.3 is 0 Å². The van der Waals surface area contributed by atoms with Crippen LogP contribution in [-0.4, -0.2) is 16.8 Å². The molecule has 0 unspecified atom stereocenters. The molecule has 1 saturated heterocycles. The summed E-state index contributed by atoms with van der Waals surface area (Å²) < 4.78 is 5.94. The highest BCUT2D eigenvalue weighted by Gasteiger charge is 2.34. The van der Waals surface area contributed by atoms with Crippen molar-refractivity contribution >= 4 is 69.2 Å².